The average molecular weight is 423 g/mol. The molecule has 2 atom stereocenters. The number of hydrogen-bond acceptors (Lipinski definition) is 4. The van der Waals surface area contributed by atoms with Gasteiger partial charge >= 0.3 is 0 Å². The van der Waals surface area contributed by atoms with E-state index < -0.39 is 0 Å². The summed E-state index contributed by atoms with van der Waals surface area (Å²) in [6.07, 6.45) is 3.61. The summed E-state index contributed by atoms with van der Waals surface area (Å²) in [6, 6.07) is 14.7. The van der Waals surface area contributed by atoms with Gasteiger partial charge in [0.25, 0.3) is 5.56 Å². The van der Waals surface area contributed by atoms with Crippen LogP contribution in [0.2, 0.25) is 5.02 Å². The quantitative estimate of drug-likeness (QED) is 0.661. The second kappa shape index (κ2) is 7.85. The summed E-state index contributed by atoms with van der Waals surface area (Å²) >= 11 is 6.34. The van der Waals surface area contributed by atoms with E-state index in [1.54, 1.807) is 16.7 Å². The Morgan fingerprint density at radius 1 is 1.17 bits per heavy atom. The van der Waals surface area contributed by atoms with Gasteiger partial charge in [-0.3, -0.25) is 14.2 Å². The molecule has 1 saturated carbocycles. The van der Waals surface area contributed by atoms with Gasteiger partial charge in [0.15, 0.2) is 0 Å². The normalized spacial score (nSPS) is 21.1. The Bertz CT molecular complexity index is 1160. The van der Waals surface area contributed by atoms with Crippen molar-refractivity contribution >= 4 is 28.4 Å². The Kier molecular flexibility index (Phi) is 5.05. The zero-order valence-electron chi connectivity index (χ0n) is 16.5. The van der Waals surface area contributed by atoms with E-state index in [1.807, 2.05) is 36.4 Å². The smallest absolute Gasteiger partial charge is 0.267 e. The minimum absolute atomic E-state index is 0.0254. The Balaban J connectivity index is 1.52. The van der Waals surface area contributed by atoms with Gasteiger partial charge in [-0.25, -0.2) is 4.98 Å². The molecule has 1 aliphatic carbocycles. The molecule has 1 aliphatic heterocycles. The molecule has 5 rings (SSSR count). The van der Waals surface area contributed by atoms with Crippen molar-refractivity contribution in [2.24, 2.45) is 5.92 Å². The van der Waals surface area contributed by atoms with E-state index in [0.29, 0.717) is 47.1 Å². The molecule has 0 radical (unpaired) electrons. The van der Waals surface area contributed by atoms with Crippen molar-refractivity contribution in [3.05, 3.63) is 69.7 Å². The molecule has 1 saturated heterocycles. The molecule has 2 fully saturated rings. The van der Waals surface area contributed by atoms with Gasteiger partial charge in [0, 0.05) is 19.0 Å². The highest BCUT2D eigenvalue weighted by Crippen LogP contribution is 2.32. The maximum Gasteiger partial charge on any atom is 0.267 e. The van der Waals surface area contributed by atoms with Gasteiger partial charge in [-0.1, -0.05) is 35.9 Å². The van der Waals surface area contributed by atoms with Crippen LogP contribution in [-0.4, -0.2) is 28.0 Å². The van der Waals surface area contributed by atoms with Crippen molar-refractivity contribution in [1.29, 1.82) is 0 Å². The molecule has 6 nitrogen and oxygen atoms in total. The van der Waals surface area contributed by atoms with Crippen LogP contribution in [0.5, 0.6) is 0 Å². The van der Waals surface area contributed by atoms with E-state index in [-0.39, 0.29) is 23.6 Å². The van der Waals surface area contributed by atoms with Crippen LogP contribution in [0, 0.1) is 5.92 Å². The minimum Gasteiger partial charge on any atom is -0.352 e. The first-order valence-corrected chi connectivity index (χ1v) is 10.8. The van der Waals surface area contributed by atoms with E-state index in [9.17, 15) is 9.59 Å². The topological polar surface area (TPSA) is 76.0 Å². The SMILES string of the molecule is O=C(CC1CC1)N[C@H]1CN[C@H](c2nc3cccc(Cl)c3c(=O)n2-c2ccccc2)C1. The highest BCUT2D eigenvalue weighted by Gasteiger charge is 2.32. The van der Waals surface area contributed by atoms with Crippen LogP contribution in [0.1, 0.15) is 37.5 Å². The highest BCUT2D eigenvalue weighted by atomic mass is 35.5. The lowest BCUT2D eigenvalue weighted by Crippen LogP contribution is -2.36. The number of para-hydroxylation sites is 1. The molecule has 1 amide bonds. The number of halogens is 1. The molecule has 0 spiro atoms. The first-order chi connectivity index (χ1) is 14.6. The molecular formula is C23H23ClN4O2. The number of aromatic nitrogens is 2. The number of hydrogen-bond donors (Lipinski definition) is 2. The number of carbonyl (C=O) groups excluding carboxylic acids is 1. The van der Waals surface area contributed by atoms with Crippen LogP contribution in [0.3, 0.4) is 0 Å². The third-order valence-electron chi connectivity index (χ3n) is 5.87. The Hall–Kier alpha value is -2.70. The van der Waals surface area contributed by atoms with Crippen LogP contribution < -0.4 is 16.2 Å². The molecule has 0 unspecified atom stereocenters. The molecule has 0 bridgehead atoms. The molecule has 7 heteroatoms. The number of fused-ring (bicyclic) bond motifs is 1. The lowest BCUT2D eigenvalue weighted by atomic mass is 10.1. The van der Waals surface area contributed by atoms with Gasteiger partial charge in [-0.05, 0) is 49.4 Å². The van der Waals surface area contributed by atoms with Crippen LogP contribution >= 0.6 is 11.6 Å². The van der Waals surface area contributed by atoms with Crippen molar-refractivity contribution in [3.63, 3.8) is 0 Å². The standard InChI is InChI=1S/C23H23ClN4O2/c24-17-7-4-8-18-21(17)23(30)28(16-5-2-1-3-6-16)22(27-18)19-12-15(13-25-19)26-20(29)11-14-9-10-14/h1-8,14-15,19,25H,9-13H2,(H,26,29)/t15-,19+/m1/s1. The van der Waals surface area contributed by atoms with Crippen molar-refractivity contribution in [2.45, 2.75) is 37.8 Å². The van der Waals surface area contributed by atoms with Crippen molar-refractivity contribution in [1.82, 2.24) is 20.2 Å². The number of carbonyl (C=O) groups is 1. The van der Waals surface area contributed by atoms with E-state index in [2.05, 4.69) is 10.6 Å². The summed E-state index contributed by atoms with van der Waals surface area (Å²) in [5, 5.41) is 7.39. The fraction of sp³-hybridized carbons (Fsp3) is 0.348. The van der Waals surface area contributed by atoms with Gasteiger partial charge in [-0.15, -0.1) is 0 Å². The van der Waals surface area contributed by atoms with Crippen LogP contribution in [0.25, 0.3) is 16.6 Å². The Morgan fingerprint density at radius 2 is 1.97 bits per heavy atom. The summed E-state index contributed by atoms with van der Waals surface area (Å²) in [5.74, 6) is 1.31. The zero-order valence-corrected chi connectivity index (χ0v) is 17.2. The monoisotopic (exact) mass is 422 g/mol. The lowest BCUT2D eigenvalue weighted by Gasteiger charge is -2.19. The van der Waals surface area contributed by atoms with Crippen LogP contribution in [-0.2, 0) is 4.79 Å². The maximum absolute atomic E-state index is 13.5. The van der Waals surface area contributed by atoms with E-state index in [1.165, 1.54) is 0 Å². The van der Waals surface area contributed by atoms with E-state index in [0.717, 1.165) is 18.5 Å². The fourth-order valence-corrected chi connectivity index (χ4v) is 4.43. The minimum atomic E-state index is -0.185. The molecule has 2 heterocycles. The van der Waals surface area contributed by atoms with Gasteiger partial charge in [-0.2, -0.15) is 0 Å². The predicted octanol–water partition coefficient (Wildman–Crippen LogP) is 3.36. The first-order valence-electron chi connectivity index (χ1n) is 10.4. The number of rotatable bonds is 5. The highest BCUT2D eigenvalue weighted by molar-refractivity contribution is 6.35. The molecule has 2 aliphatic rings. The number of nitrogens with zero attached hydrogens (tertiary/aromatic N) is 2. The lowest BCUT2D eigenvalue weighted by molar-refractivity contribution is -0.122. The van der Waals surface area contributed by atoms with Crippen LogP contribution in [0.15, 0.2) is 53.3 Å². The largest absolute Gasteiger partial charge is 0.352 e. The predicted molar refractivity (Wildman–Crippen MR) is 117 cm³/mol. The fourth-order valence-electron chi connectivity index (χ4n) is 4.18. The summed E-state index contributed by atoms with van der Waals surface area (Å²) < 4.78 is 1.64. The van der Waals surface area contributed by atoms with Crippen LogP contribution in [0.4, 0.5) is 0 Å². The second-order valence-corrected chi connectivity index (χ2v) is 8.60. The Morgan fingerprint density at radius 3 is 2.73 bits per heavy atom. The third-order valence-corrected chi connectivity index (χ3v) is 6.18. The Labute approximate surface area is 179 Å². The summed E-state index contributed by atoms with van der Waals surface area (Å²) in [6.45, 7) is 0.652. The molecule has 3 aromatic rings. The first kappa shape index (κ1) is 19.3. The summed E-state index contributed by atoms with van der Waals surface area (Å²) in [5.41, 5.74) is 1.14. The number of nitrogens with one attached hydrogen (secondary N) is 2. The molecule has 1 aromatic heterocycles. The van der Waals surface area contributed by atoms with Crippen molar-refractivity contribution < 1.29 is 4.79 Å². The van der Waals surface area contributed by atoms with Gasteiger partial charge in [0.05, 0.1) is 27.7 Å². The number of amides is 1. The third kappa shape index (κ3) is 3.73. The van der Waals surface area contributed by atoms with Gasteiger partial charge < -0.3 is 10.6 Å². The zero-order chi connectivity index (χ0) is 20.7. The molecule has 2 aromatic carbocycles. The average Bonchev–Trinajstić information content (AvgIpc) is 3.43. The summed E-state index contributed by atoms with van der Waals surface area (Å²) in [4.78, 5) is 30.5. The molecule has 30 heavy (non-hydrogen) atoms. The molecular weight excluding hydrogens is 400 g/mol. The second-order valence-electron chi connectivity index (χ2n) is 8.19. The van der Waals surface area contributed by atoms with Crippen molar-refractivity contribution in [3.8, 4) is 5.69 Å². The maximum atomic E-state index is 13.5. The molecule has 2 N–H and O–H groups in total. The van der Waals surface area contributed by atoms with E-state index >= 15 is 0 Å². The van der Waals surface area contributed by atoms with Gasteiger partial charge in [0.1, 0.15) is 5.82 Å². The number of benzene rings is 2. The van der Waals surface area contributed by atoms with E-state index in [4.69, 9.17) is 16.6 Å². The van der Waals surface area contributed by atoms with Crippen molar-refractivity contribution in [2.75, 3.05) is 6.54 Å². The summed E-state index contributed by atoms with van der Waals surface area (Å²) in [7, 11) is 0. The van der Waals surface area contributed by atoms with Gasteiger partial charge in [0.2, 0.25) is 5.91 Å². The molecule has 154 valence electrons.